The van der Waals surface area contributed by atoms with Gasteiger partial charge in [-0.15, -0.1) is 0 Å². The van der Waals surface area contributed by atoms with Gasteiger partial charge in [-0.2, -0.15) is 0 Å². The van der Waals surface area contributed by atoms with Gasteiger partial charge in [-0.25, -0.2) is 0 Å². The van der Waals surface area contributed by atoms with Gasteiger partial charge in [0.15, 0.2) is 0 Å². The standard InChI is InChI=1S/C15H17ClO/c1-10-3-5-14(11(2)7-10)12-4-6-15(16)13(8-12)9-17/h3,5,7,9,12H,4,6,8H2,1-2H3. The van der Waals surface area contributed by atoms with E-state index >= 15 is 0 Å². The molecule has 0 saturated heterocycles. The largest absolute Gasteiger partial charge is 0.298 e. The lowest BCUT2D eigenvalue weighted by molar-refractivity contribution is -0.105. The van der Waals surface area contributed by atoms with Crippen LogP contribution < -0.4 is 0 Å². The van der Waals surface area contributed by atoms with Crippen LogP contribution in [-0.4, -0.2) is 6.29 Å². The van der Waals surface area contributed by atoms with Crippen molar-refractivity contribution in [2.75, 3.05) is 0 Å². The zero-order valence-electron chi connectivity index (χ0n) is 10.3. The fraction of sp³-hybridized carbons (Fsp3) is 0.400. The third kappa shape index (κ3) is 2.61. The molecular weight excluding hydrogens is 232 g/mol. The number of aldehydes is 1. The molecule has 2 heteroatoms. The zero-order chi connectivity index (χ0) is 12.4. The highest BCUT2D eigenvalue weighted by atomic mass is 35.5. The molecule has 1 nitrogen and oxygen atoms in total. The van der Waals surface area contributed by atoms with Crippen LogP contribution in [0, 0.1) is 13.8 Å². The molecular formula is C15H17ClO. The number of benzene rings is 1. The van der Waals surface area contributed by atoms with Crippen LogP contribution in [0.2, 0.25) is 0 Å². The minimum atomic E-state index is 0.443. The number of rotatable bonds is 2. The molecule has 1 atom stereocenters. The highest BCUT2D eigenvalue weighted by Crippen LogP contribution is 2.38. The van der Waals surface area contributed by atoms with E-state index in [9.17, 15) is 4.79 Å². The van der Waals surface area contributed by atoms with Crippen LogP contribution in [0.1, 0.15) is 41.9 Å². The van der Waals surface area contributed by atoms with Crippen molar-refractivity contribution in [3.63, 3.8) is 0 Å². The van der Waals surface area contributed by atoms with E-state index in [0.29, 0.717) is 5.92 Å². The van der Waals surface area contributed by atoms with E-state index in [-0.39, 0.29) is 0 Å². The van der Waals surface area contributed by atoms with Crippen molar-refractivity contribution >= 4 is 17.9 Å². The van der Waals surface area contributed by atoms with Gasteiger partial charge in [0.05, 0.1) is 0 Å². The number of carbonyl (C=O) groups excluding carboxylic acids is 1. The Labute approximate surface area is 107 Å². The van der Waals surface area contributed by atoms with Gasteiger partial charge in [0.25, 0.3) is 0 Å². The van der Waals surface area contributed by atoms with Crippen LogP contribution in [0.15, 0.2) is 28.8 Å². The number of carbonyl (C=O) groups is 1. The molecule has 1 aliphatic rings. The summed E-state index contributed by atoms with van der Waals surface area (Å²) in [6.45, 7) is 4.24. The van der Waals surface area contributed by atoms with Gasteiger partial charge in [-0.3, -0.25) is 4.79 Å². The molecule has 0 spiro atoms. The van der Waals surface area contributed by atoms with Gasteiger partial charge < -0.3 is 0 Å². The summed E-state index contributed by atoms with van der Waals surface area (Å²) >= 11 is 6.05. The summed E-state index contributed by atoms with van der Waals surface area (Å²) in [6, 6.07) is 6.54. The Hall–Kier alpha value is -1.08. The zero-order valence-corrected chi connectivity index (χ0v) is 11.1. The second-order valence-corrected chi connectivity index (χ2v) is 5.30. The summed E-state index contributed by atoms with van der Waals surface area (Å²) in [6.07, 6.45) is 3.57. The van der Waals surface area contributed by atoms with Crippen LogP contribution in [0.3, 0.4) is 0 Å². The first kappa shape index (κ1) is 12.4. The lowest BCUT2D eigenvalue weighted by atomic mass is 9.82. The first-order valence-electron chi connectivity index (χ1n) is 6.01. The van der Waals surface area contributed by atoms with Crippen molar-refractivity contribution in [1.29, 1.82) is 0 Å². The summed E-state index contributed by atoms with van der Waals surface area (Å²) < 4.78 is 0. The predicted octanol–water partition coefficient (Wildman–Crippen LogP) is 4.26. The summed E-state index contributed by atoms with van der Waals surface area (Å²) in [5.41, 5.74) is 4.74. The monoisotopic (exact) mass is 248 g/mol. The molecule has 0 fully saturated rings. The molecule has 0 N–H and O–H groups in total. The van der Waals surface area contributed by atoms with E-state index in [1.54, 1.807) is 0 Å². The minimum absolute atomic E-state index is 0.443. The summed E-state index contributed by atoms with van der Waals surface area (Å²) in [5.74, 6) is 0.443. The van der Waals surface area contributed by atoms with Crippen LogP contribution in [0.25, 0.3) is 0 Å². The fourth-order valence-electron chi connectivity index (χ4n) is 2.60. The van der Waals surface area contributed by atoms with E-state index in [0.717, 1.165) is 36.2 Å². The Morgan fingerprint density at radius 2 is 2.12 bits per heavy atom. The molecule has 0 bridgehead atoms. The smallest absolute Gasteiger partial charge is 0.147 e. The van der Waals surface area contributed by atoms with E-state index in [1.165, 1.54) is 16.7 Å². The van der Waals surface area contributed by atoms with Gasteiger partial charge in [0.2, 0.25) is 0 Å². The van der Waals surface area contributed by atoms with Crippen LogP contribution in [0.5, 0.6) is 0 Å². The predicted molar refractivity (Wildman–Crippen MR) is 71.5 cm³/mol. The van der Waals surface area contributed by atoms with Crippen molar-refractivity contribution in [3.05, 3.63) is 45.5 Å². The third-order valence-electron chi connectivity index (χ3n) is 3.53. The molecule has 1 aromatic rings. The van der Waals surface area contributed by atoms with Crippen molar-refractivity contribution < 1.29 is 4.79 Å². The maximum atomic E-state index is 10.9. The molecule has 0 saturated carbocycles. The Bertz CT molecular complexity index is 474. The first-order chi connectivity index (χ1) is 8.11. The second-order valence-electron chi connectivity index (χ2n) is 4.85. The van der Waals surface area contributed by atoms with Gasteiger partial charge in [0, 0.05) is 10.6 Å². The van der Waals surface area contributed by atoms with Crippen molar-refractivity contribution in [2.24, 2.45) is 0 Å². The van der Waals surface area contributed by atoms with Gasteiger partial charge in [0.1, 0.15) is 6.29 Å². The molecule has 1 unspecified atom stereocenters. The third-order valence-corrected chi connectivity index (χ3v) is 3.97. The van der Waals surface area contributed by atoms with Crippen molar-refractivity contribution in [3.8, 4) is 0 Å². The molecule has 0 amide bonds. The Balaban J connectivity index is 2.28. The van der Waals surface area contributed by atoms with Crippen LogP contribution in [0.4, 0.5) is 0 Å². The van der Waals surface area contributed by atoms with Gasteiger partial charge in [-0.1, -0.05) is 35.4 Å². The molecule has 90 valence electrons. The van der Waals surface area contributed by atoms with Crippen molar-refractivity contribution in [2.45, 2.75) is 39.0 Å². The maximum Gasteiger partial charge on any atom is 0.147 e. The molecule has 0 radical (unpaired) electrons. The number of aryl methyl sites for hydroxylation is 2. The number of hydrogen-bond donors (Lipinski definition) is 0. The lowest BCUT2D eigenvalue weighted by Gasteiger charge is -2.24. The highest BCUT2D eigenvalue weighted by molar-refractivity contribution is 6.31. The quantitative estimate of drug-likeness (QED) is 0.715. The number of hydrogen-bond acceptors (Lipinski definition) is 1. The average Bonchev–Trinajstić information content (AvgIpc) is 2.30. The van der Waals surface area contributed by atoms with Crippen molar-refractivity contribution in [1.82, 2.24) is 0 Å². The lowest BCUT2D eigenvalue weighted by Crippen LogP contribution is -2.09. The summed E-state index contributed by atoms with van der Waals surface area (Å²) in [7, 11) is 0. The highest BCUT2D eigenvalue weighted by Gasteiger charge is 2.22. The normalized spacial score (nSPS) is 20.5. The molecule has 0 aromatic heterocycles. The van der Waals surface area contributed by atoms with E-state index in [2.05, 4.69) is 32.0 Å². The molecule has 0 aliphatic heterocycles. The van der Waals surface area contributed by atoms with Crippen LogP contribution in [-0.2, 0) is 4.79 Å². The fourth-order valence-corrected chi connectivity index (χ4v) is 2.83. The Kier molecular flexibility index (Phi) is 3.68. The van der Waals surface area contributed by atoms with Gasteiger partial charge >= 0.3 is 0 Å². The number of allylic oxidation sites excluding steroid dienone is 2. The van der Waals surface area contributed by atoms with Crippen LogP contribution >= 0.6 is 11.6 Å². The Morgan fingerprint density at radius 1 is 1.35 bits per heavy atom. The molecule has 0 heterocycles. The second kappa shape index (κ2) is 5.05. The molecule has 2 rings (SSSR count). The van der Waals surface area contributed by atoms with E-state index in [4.69, 9.17) is 11.6 Å². The number of halogens is 1. The topological polar surface area (TPSA) is 17.1 Å². The molecule has 17 heavy (non-hydrogen) atoms. The maximum absolute atomic E-state index is 10.9. The molecule has 1 aromatic carbocycles. The summed E-state index contributed by atoms with van der Waals surface area (Å²) in [5, 5.41) is 0.751. The van der Waals surface area contributed by atoms with Gasteiger partial charge in [-0.05, 0) is 50.2 Å². The molecule has 1 aliphatic carbocycles. The van der Waals surface area contributed by atoms with E-state index in [1.807, 2.05) is 0 Å². The van der Waals surface area contributed by atoms with E-state index < -0.39 is 0 Å². The average molecular weight is 249 g/mol. The Morgan fingerprint density at radius 3 is 2.76 bits per heavy atom. The summed E-state index contributed by atoms with van der Waals surface area (Å²) in [4.78, 5) is 10.9. The SMILES string of the molecule is Cc1ccc(C2CCC(Cl)=C(C=O)C2)c(C)c1. The first-order valence-corrected chi connectivity index (χ1v) is 6.39. The minimum Gasteiger partial charge on any atom is -0.298 e.